The smallest absolute Gasteiger partial charge is 0.276 e. The second kappa shape index (κ2) is 5.60. The Hall–Kier alpha value is -1.95. The zero-order valence-corrected chi connectivity index (χ0v) is 13.7. The molecule has 0 aliphatic carbocycles. The van der Waals surface area contributed by atoms with E-state index < -0.39 is 0 Å². The molecule has 0 radical (unpaired) electrons. The molecule has 2 aliphatic heterocycles. The zero-order chi connectivity index (χ0) is 16.0. The summed E-state index contributed by atoms with van der Waals surface area (Å²) >= 11 is 0. The Morgan fingerprint density at radius 2 is 1.87 bits per heavy atom. The van der Waals surface area contributed by atoms with Gasteiger partial charge in [-0.3, -0.25) is 9.69 Å². The van der Waals surface area contributed by atoms with Crippen molar-refractivity contribution >= 4 is 11.6 Å². The van der Waals surface area contributed by atoms with Crippen molar-refractivity contribution in [3.63, 3.8) is 0 Å². The van der Waals surface area contributed by atoms with Crippen molar-refractivity contribution in [2.75, 3.05) is 13.1 Å². The lowest BCUT2D eigenvalue weighted by Crippen LogP contribution is -2.44. The summed E-state index contributed by atoms with van der Waals surface area (Å²) in [7, 11) is 0. The van der Waals surface area contributed by atoms with Gasteiger partial charge in [0, 0.05) is 56.0 Å². The molecule has 2 bridgehead atoms. The molecular weight excluding hydrogens is 290 g/mol. The van der Waals surface area contributed by atoms with E-state index in [1.54, 1.807) is 12.4 Å². The maximum atomic E-state index is 13.0. The van der Waals surface area contributed by atoms with Gasteiger partial charge in [0.15, 0.2) is 11.3 Å². The second-order valence-corrected chi connectivity index (χ2v) is 6.90. The van der Waals surface area contributed by atoms with Gasteiger partial charge < -0.3 is 9.30 Å². The topological polar surface area (TPSA) is 53.7 Å². The molecule has 2 saturated heterocycles. The van der Waals surface area contributed by atoms with Crippen molar-refractivity contribution in [1.29, 1.82) is 0 Å². The van der Waals surface area contributed by atoms with Crippen LogP contribution in [0.25, 0.3) is 5.65 Å². The van der Waals surface area contributed by atoms with Gasteiger partial charge in [-0.05, 0) is 33.1 Å². The highest BCUT2D eigenvalue weighted by atomic mass is 16.2. The fourth-order valence-electron chi connectivity index (χ4n) is 4.29. The number of rotatable bonds is 2. The fourth-order valence-corrected chi connectivity index (χ4v) is 4.29. The highest BCUT2D eigenvalue weighted by molar-refractivity contribution is 5.97. The van der Waals surface area contributed by atoms with Crippen molar-refractivity contribution in [2.45, 2.75) is 51.2 Å². The summed E-state index contributed by atoms with van der Waals surface area (Å²) in [5, 5.41) is 0. The predicted molar refractivity (Wildman–Crippen MR) is 87.3 cm³/mol. The third kappa shape index (κ3) is 2.41. The van der Waals surface area contributed by atoms with Crippen LogP contribution in [0.3, 0.4) is 0 Å². The molecule has 0 unspecified atom stereocenters. The number of hydrogen-bond acceptors (Lipinski definition) is 4. The monoisotopic (exact) mass is 313 g/mol. The molecule has 4 heterocycles. The van der Waals surface area contributed by atoms with Crippen molar-refractivity contribution < 1.29 is 4.79 Å². The van der Waals surface area contributed by atoms with Crippen LogP contribution in [0.5, 0.6) is 0 Å². The molecule has 2 aromatic rings. The van der Waals surface area contributed by atoms with E-state index in [4.69, 9.17) is 0 Å². The molecule has 23 heavy (non-hydrogen) atoms. The van der Waals surface area contributed by atoms with E-state index in [-0.39, 0.29) is 5.91 Å². The van der Waals surface area contributed by atoms with Gasteiger partial charge in [-0.2, -0.15) is 0 Å². The third-order valence-corrected chi connectivity index (χ3v) is 5.24. The molecule has 2 atom stereocenters. The van der Waals surface area contributed by atoms with Crippen molar-refractivity contribution in [2.24, 2.45) is 0 Å². The summed E-state index contributed by atoms with van der Waals surface area (Å²) in [5.41, 5.74) is 1.11. The maximum absolute atomic E-state index is 13.0. The van der Waals surface area contributed by atoms with Gasteiger partial charge in [-0.1, -0.05) is 0 Å². The van der Waals surface area contributed by atoms with Crippen LogP contribution in [0, 0.1) is 0 Å². The molecule has 2 aliphatic rings. The zero-order valence-electron chi connectivity index (χ0n) is 13.7. The third-order valence-electron chi connectivity index (χ3n) is 5.24. The van der Waals surface area contributed by atoms with E-state index in [2.05, 4.69) is 28.7 Å². The first-order valence-electron chi connectivity index (χ1n) is 8.49. The first kappa shape index (κ1) is 14.6. The molecule has 1 amide bonds. The highest BCUT2D eigenvalue weighted by Gasteiger charge is 2.40. The highest BCUT2D eigenvalue weighted by Crippen LogP contribution is 2.32. The van der Waals surface area contributed by atoms with Gasteiger partial charge >= 0.3 is 0 Å². The average Bonchev–Trinajstić information content (AvgIpc) is 3.10. The van der Waals surface area contributed by atoms with Crippen LogP contribution in [0.4, 0.5) is 0 Å². The Bertz CT molecular complexity index is 725. The molecule has 4 rings (SSSR count). The first-order valence-corrected chi connectivity index (χ1v) is 8.49. The number of nitrogens with zero attached hydrogens (tertiary/aromatic N) is 5. The summed E-state index contributed by atoms with van der Waals surface area (Å²) in [6, 6.07) is 1.63. The van der Waals surface area contributed by atoms with Gasteiger partial charge in [-0.15, -0.1) is 0 Å². The second-order valence-electron chi connectivity index (χ2n) is 6.90. The van der Waals surface area contributed by atoms with Crippen LogP contribution in [0.2, 0.25) is 0 Å². The Morgan fingerprint density at radius 1 is 1.13 bits per heavy atom. The molecule has 122 valence electrons. The van der Waals surface area contributed by atoms with Crippen molar-refractivity contribution in [3.8, 4) is 0 Å². The minimum absolute atomic E-state index is 0.0121. The van der Waals surface area contributed by atoms with Crippen LogP contribution in [-0.4, -0.2) is 61.3 Å². The van der Waals surface area contributed by atoms with E-state index in [0.717, 1.165) is 19.5 Å². The Kier molecular flexibility index (Phi) is 3.56. The van der Waals surface area contributed by atoms with Gasteiger partial charge in [0.2, 0.25) is 0 Å². The number of carbonyl (C=O) groups excluding carboxylic acids is 1. The van der Waals surface area contributed by atoms with Crippen LogP contribution in [0.1, 0.15) is 43.6 Å². The molecule has 0 saturated carbocycles. The van der Waals surface area contributed by atoms with E-state index in [1.165, 1.54) is 12.8 Å². The molecular formula is C17H23N5O. The number of carbonyl (C=O) groups is 1. The fraction of sp³-hybridized carbons (Fsp3) is 0.588. The molecule has 0 N–H and O–H groups in total. The summed E-state index contributed by atoms with van der Waals surface area (Å²) < 4.78 is 1.85. The van der Waals surface area contributed by atoms with Crippen LogP contribution >= 0.6 is 0 Å². The molecule has 2 aromatic heterocycles. The summed E-state index contributed by atoms with van der Waals surface area (Å²) in [4.78, 5) is 26.2. The molecule has 2 fully saturated rings. The van der Waals surface area contributed by atoms with Gasteiger partial charge in [0.05, 0.1) is 0 Å². The standard InChI is InChI=1S/C17H23N5O/c1-12(2)22-13-3-4-14(22)11-21(8-5-13)17(23)15-16-19-7-10-20(16)9-6-18-15/h6-7,9-10,12-14H,3-5,8,11H2,1-2H3/t13-,14+/m0/s1. The Balaban J connectivity index is 1.61. The van der Waals surface area contributed by atoms with Crippen molar-refractivity contribution in [3.05, 3.63) is 30.5 Å². The number of hydrogen-bond donors (Lipinski definition) is 0. The predicted octanol–water partition coefficient (Wildman–Crippen LogP) is 1.82. The lowest BCUT2D eigenvalue weighted by atomic mass is 10.1. The first-order chi connectivity index (χ1) is 11.1. The molecule has 0 spiro atoms. The average molecular weight is 313 g/mol. The van der Waals surface area contributed by atoms with Crippen LogP contribution in [0.15, 0.2) is 24.8 Å². The van der Waals surface area contributed by atoms with E-state index in [0.29, 0.717) is 29.5 Å². The lowest BCUT2D eigenvalue weighted by Gasteiger charge is -2.32. The molecule has 0 aromatic carbocycles. The van der Waals surface area contributed by atoms with Gasteiger partial charge in [-0.25, -0.2) is 9.97 Å². The minimum atomic E-state index is 0.0121. The van der Waals surface area contributed by atoms with Crippen LogP contribution in [-0.2, 0) is 0 Å². The number of fused-ring (bicyclic) bond motifs is 3. The number of amides is 1. The quantitative estimate of drug-likeness (QED) is 0.848. The largest absolute Gasteiger partial charge is 0.336 e. The number of aromatic nitrogens is 3. The Labute approximate surface area is 136 Å². The van der Waals surface area contributed by atoms with Gasteiger partial charge in [0.1, 0.15) is 0 Å². The van der Waals surface area contributed by atoms with Crippen molar-refractivity contribution in [1.82, 2.24) is 24.2 Å². The van der Waals surface area contributed by atoms with E-state index in [9.17, 15) is 4.79 Å². The minimum Gasteiger partial charge on any atom is -0.336 e. The van der Waals surface area contributed by atoms with E-state index >= 15 is 0 Å². The number of likely N-dealkylation sites (tertiary alicyclic amines) is 1. The maximum Gasteiger partial charge on any atom is 0.276 e. The molecule has 6 nitrogen and oxygen atoms in total. The van der Waals surface area contributed by atoms with Gasteiger partial charge in [0.25, 0.3) is 5.91 Å². The summed E-state index contributed by atoms with van der Waals surface area (Å²) in [6.45, 7) is 6.13. The Morgan fingerprint density at radius 3 is 2.65 bits per heavy atom. The van der Waals surface area contributed by atoms with E-state index in [1.807, 2.05) is 21.7 Å². The summed E-state index contributed by atoms with van der Waals surface area (Å²) in [5.74, 6) is 0.0121. The normalized spacial score (nSPS) is 25.3. The summed E-state index contributed by atoms with van der Waals surface area (Å²) in [6.07, 6.45) is 10.6. The SMILES string of the molecule is CC(C)N1[C@H]2CC[C@@H]1CN(C(=O)c1nccn3ccnc13)CC2. The number of imidazole rings is 1. The molecule has 6 heteroatoms. The van der Waals surface area contributed by atoms with Crippen LogP contribution < -0.4 is 0 Å². The lowest BCUT2D eigenvalue weighted by molar-refractivity contribution is 0.0724.